The Bertz CT molecular complexity index is 560. The van der Waals surface area contributed by atoms with E-state index in [4.69, 9.17) is 17.3 Å². The number of aryl methyl sites for hydroxylation is 1. The lowest BCUT2D eigenvalue weighted by Gasteiger charge is -2.06. The fraction of sp³-hybridized carbons (Fsp3) is 0.333. The molecule has 0 bridgehead atoms. The molecule has 4 nitrogen and oxygen atoms in total. The van der Waals surface area contributed by atoms with Crippen LogP contribution in [0.2, 0.25) is 5.02 Å². The van der Waals surface area contributed by atoms with Crippen LogP contribution in [0.1, 0.15) is 22.6 Å². The SMILES string of the molecule is Cc1nn(-c2ccc(Cl)c(CN)n2)c(C)c1C. The molecule has 0 aliphatic carbocycles. The number of nitrogens with two attached hydrogens (primary N) is 1. The van der Waals surface area contributed by atoms with E-state index in [0.717, 1.165) is 17.2 Å². The Morgan fingerprint density at radius 1 is 1.29 bits per heavy atom. The zero-order valence-corrected chi connectivity index (χ0v) is 10.9. The van der Waals surface area contributed by atoms with Crippen molar-refractivity contribution in [2.75, 3.05) is 0 Å². The molecule has 17 heavy (non-hydrogen) atoms. The van der Waals surface area contributed by atoms with Gasteiger partial charge in [0.25, 0.3) is 0 Å². The van der Waals surface area contributed by atoms with Crippen molar-refractivity contribution in [2.45, 2.75) is 27.3 Å². The summed E-state index contributed by atoms with van der Waals surface area (Å²) in [6.45, 7) is 6.38. The van der Waals surface area contributed by atoms with Crippen molar-refractivity contribution >= 4 is 11.6 Å². The number of rotatable bonds is 2. The summed E-state index contributed by atoms with van der Waals surface area (Å²) in [5, 5.41) is 5.05. The molecule has 90 valence electrons. The van der Waals surface area contributed by atoms with Gasteiger partial charge in [-0.15, -0.1) is 0 Å². The highest BCUT2D eigenvalue weighted by Gasteiger charge is 2.11. The monoisotopic (exact) mass is 250 g/mol. The fourth-order valence-electron chi connectivity index (χ4n) is 1.68. The van der Waals surface area contributed by atoms with Crippen LogP contribution in [-0.2, 0) is 6.54 Å². The summed E-state index contributed by atoms with van der Waals surface area (Å²) >= 11 is 5.99. The topological polar surface area (TPSA) is 56.7 Å². The number of hydrogen-bond acceptors (Lipinski definition) is 3. The molecule has 2 aromatic heterocycles. The third-order valence-corrected chi connectivity index (χ3v) is 3.31. The molecular formula is C12H15ClN4. The molecular weight excluding hydrogens is 236 g/mol. The Morgan fingerprint density at radius 2 is 2.00 bits per heavy atom. The van der Waals surface area contributed by atoms with Gasteiger partial charge in [-0.3, -0.25) is 0 Å². The second kappa shape index (κ2) is 4.47. The van der Waals surface area contributed by atoms with Crippen molar-refractivity contribution in [1.82, 2.24) is 14.8 Å². The van der Waals surface area contributed by atoms with Gasteiger partial charge in [-0.2, -0.15) is 5.10 Å². The van der Waals surface area contributed by atoms with Gasteiger partial charge in [0.05, 0.1) is 16.4 Å². The number of halogens is 1. The van der Waals surface area contributed by atoms with Crippen molar-refractivity contribution in [3.8, 4) is 5.82 Å². The lowest BCUT2D eigenvalue weighted by atomic mass is 10.2. The van der Waals surface area contributed by atoms with Gasteiger partial charge >= 0.3 is 0 Å². The van der Waals surface area contributed by atoms with Gasteiger partial charge in [-0.25, -0.2) is 9.67 Å². The predicted octanol–water partition coefficient (Wildman–Crippen LogP) is 2.30. The average molecular weight is 251 g/mol. The first-order chi connectivity index (χ1) is 8.04. The lowest BCUT2D eigenvalue weighted by molar-refractivity contribution is 0.794. The molecule has 2 rings (SSSR count). The highest BCUT2D eigenvalue weighted by molar-refractivity contribution is 6.31. The Hall–Kier alpha value is -1.39. The summed E-state index contributed by atoms with van der Waals surface area (Å²) in [5.74, 6) is 0.753. The minimum atomic E-state index is 0.324. The molecule has 0 aliphatic heterocycles. The predicted molar refractivity (Wildman–Crippen MR) is 68.5 cm³/mol. The number of hydrogen-bond donors (Lipinski definition) is 1. The number of pyridine rings is 1. The van der Waals surface area contributed by atoms with Crippen LogP contribution in [0.25, 0.3) is 5.82 Å². The summed E-state index contributed by atoms with van der Waals surface area (Å²) in [7, 11) is 0. The molecule has 0 amide bonds. The maximum atomic E-state index is 5.99. The molecule has 0 radical (unpaired) electrons. The van der Waals surface area contributed by atoms with Gasteiger partial charge in [0, 0.05) is 12.2 Å². The molecule has 0 fully saturated rings. The van der Waals surface area contributed by atoms with Crippen LogP contribution >= 0.6 is 11.6 Å². The molecule has 5 heteroatoms. The largest absolute Gasteiger partial charge is 0.325 e. The van der Waals surface area contributed by atoms with Crippen LogP contribution in [0.4, 0.5) is 0 Å². The average Bonchev–Trinajstić information content (AvgIpc) is 2.58. The Labute approximate surface area is 105 Å². The van der Waals surface area contributed by atoms with Crippen molar-refractivity contribution in [1.29, 1.82) is 0 Å². The highest BCUT2D eigenvalue weighted by Crippen LogP contribution is 2.19. The van der Waals surface area contributed by atoms with Crippen LogP contribution in [-0.4, -0.2) is 14.8 Å². The first-order valence-electron chi connectivity index (χ1n) is 5.43. The van der Waals surface area contributed by atoms with Crippen LogP contribution < -0.4 is 5.73 Å². The van der Waals surface area contributed by atoms with E-state index in [2.05, 4.69) is 10.1 Å². The smallest absolute Gasteiger partial charge is 0.154 e. The number of aromatic nitrogens is 3. The summed E-state index contributed by atoms with van der Waals surface area (Å²) in [6, 6.07) is 3.65. The lowest BCUT2D eigenvalue weighted by Crippen LogP contribution is -2.07. The van der Waals surface area contributed by atoms with Crippen molar-refractivity contribution in [2.24, 2.45) is 5.73 Å². The first kappa shape index (κ1) is 12.1. The van der Waals surface area contributed by atoms with E-state index < -0.39 is 0 Å². The summed E-state index contributed by atoms with van der Waals surface area (Å²) < 4.78 is 1.82. The van der Waals surface area contributed by atoms with E-state index in [1.165, 1.54) is 5.56 Å². The van der Waals surface area contributed by atoms with Gasteiger partial charge in [0.1, 0.15) is 0 Å². The van der Waals surface area contributed by atoms with Crippen LogP contribution in [0, 0.1) is 20.8 Å². The van der Waals surface area contributed by atoms with Gasteiger partial charge in [-0.1, -0.05) is 11.6 Å². The van der Waals surface area contributed by atoms with Crippen LogP contribution in [0.3, 0.4) is 0 Å². The van der Waals surface area contributed by atoms with Crippen molar-refractivity contribution < 1.29 is 0 Å². The molecule has 0 aliphatic rings. The van der Waals surface area contributed by atoms with E-state index in [-0.39, 0.29) is 0 Å². The molecule has 0 unspecified atom stereocenters. The Kier molecular flexibility index (Phi) is 3.17. The molecule has 0 saturated heterocycles. The molecule has 0 spiro atoms. The van der Waals surface area contributed by atoms with Crippen molar-refractivity contribution in [3.63, 3.8) is 0 Å². The molecule has 2 N–H and O–H groups in total. The van der Waals surface area contributed by atoms with Crippen LogP contribution in [0.5, 0.6) is 0 Å². The van der Waals surface area contributed by atoms with E-state index in [9.17, 15) is 0 Å². The number of nitrogens with zero attached hydrogens (tertiary/aromatic N) is 3. The minimum Gasteiger partial charge on any atom is -0.325 e. The van der Waals surface area contributed by atoms with Crippen molar-refractivity contribution in [3.05, 3.63) is 39.8 Å². The highest BCUT2D eigenvalue weighted by atomic mass is 35.5. The Balaban J connectivity index is 2.57. The summed E-state index contributed by atoms with van der Waals surface area (Å²) in [4.78, 5) is 4.42. The van der Waals surface area contributed by atoms with E-state index in [1.54, 1.807) is 6.07 Å². The normalized spacial score (nSPS) is 10.9. The van der Waals surface area contributed by atoms with E-state index in [1.807, 2.05) is 31.5 Å². The van der Waals surface area contributed by atoms with Gasteiger partial charge in [0.2, 0.25) is 0 Å². The first-order valence-corrected chi connectivity index (χ1v) is 5.81. The third kappa shape index (κ3) is 2.06. The van der Waals surface area contributed by atoms with Crippen LogP contribution in [0.15, 0.2) is 12.1 Å². The third-order valence-electron chi connectivity index (χ3n) is 2.97. The second-order valence-electron chi connectivity index (χ2n) is 4.01. The second-order valence-corrected chi connectivity index (χ2v) is 4.42. The quantitative estimate of drug-likeness (QED) is 0.890. The van der Waals surface area contributed by atoms with Gasteiger partial charge in [-0.05, 0) is 38.5 Å². The van der Waals surface area contributed by atoms with E-state index in [0.29, 0.717) is 17.3 Å². The maximum absolute atomic E-state index is 5.99. The Morgan fingerprint density at radius 3 is 2.53 bits per heavy atom. The molecule has 2 aromatic rings. The standard InChI is InChI=1S/C12H15ClN4/c1-7-8(2)16-17(9(7)3)12-5-4-10(13)11(6-14)15-12/h4-5H,6,14H2,1-3H3. The summed E-state index contributed by atoms with van der Waals surface area (Å²) in [6.07, 6.45) is 0. The zero-order valence-electron chi connectivity index (χ0n) is 10.2. The minimum absolute atomic E-state index is 0.324. The molecule has 0 saturated carbocycles. The van der Waals surface area contributed by atoms with E-state index >= 15 is 0 Å². The fourth-order valence-corrected chi connectivity index (χ4v) is 1.86. The van der Waals surface area contributed by atoms with Gasteiger partial charge < -0.3 is 5.73 Å². The zero-order chi connectivity index (χ0) is 12.6. The summed E-state index contributed by atoms with van der Waals surface area (Å²) in [5.41, 5.74) is 9.55. The molecule has 0 aromatic carbocycles. The molecule has 0 atom stereocenters. The van der Waals surface area contributed by atoms with Gasteiger partial charge in [0.15, 0.2) is 5.82 Å². The maximum Gasteiger partial charge on any atom is 0.154 e. The molecule has 2 heterocycles.